The normalized spacial score (nSPS) is 14.2. The predicted molar refractivity (Wildman–Crippen MR) is 133 cm³/mol. The largest absolute Gasteiger partial charge is 0.508 e. The van der Waals surface area contributed by atoms with Gasteiger partial charge in [-0.3, -0.25) is 9.59 Å². The summed E-state index contributed by atoms with van der Waals surface area (Å²) in [6, 6.07) is 4.30. The molecule has 2 atom stereocenters. The van der Waals surface area contributed by atoms with Crippen molar-refractivity contribution < 1.29 is 24.2 Å². The molecule has 1 aromatic carbocycles. The van der Waals surface area contributed by atoms with Gasteiger partial charge in [-0.2, -0.15) is 0 Å². The van der Waals surface area contributed by atoms with Crippen molar-refractivity contribution in [1.82, 2.24) is 15.5 Å². The molecule has 0 spiro atoms. The highest BCUT2D eigenvalue weighted by atomic mass is 16.6. The van der Waals surface area contributed by atoms with Gasteiger partial charge in [0.25, 0.3) is 0 Å². The highest BCUT2D eigenvalue weighted by Gasteiger charge is 2.43. The van der Waals surface area contributed by atoms with Gasteiger partial charge in [0.1, 0.15) is 23.4 Å². The number of ether oxygens (including phenoxy) is 1. The Kier molecular flexibility index (Phi) is 9.17. The number of amides is 3. The predicted octanol–water partition coefficient (Wildman–Crippen LogP) is 4.52. The van der Waals surface area contributed by atoms with E-state index in [0.717, 1.165) is 0 Å². The lowest BCUT2D eigenvalue weighted by Gasteiger charge is -2.44. The summed E-state index contributed by atoms with van der Waals surface area (Å²) in [6.07, 6.45) is -0.700. The van der Waals surface area contributed by atoms with Crippen LogP contribution in [0.15, 0.2) is 24.3 Å². The summed E-state index contributed by atoms with van der Waals surface area (Å²) in [6.45, 7) is 20.0. The average molecular weight is 478 g/mol. The molecule has 0 heterocycles. The zero-order valence-electron chi connectivity index (χ0n) is 22.6. The molecule has 2 unspecified atom stereocenters. The molecular weight excluding hydrogens is 434 g/mol. The molecule has 0 saturated heterocycles. The van der Waals surface area contributed by atoms with Gasteiger partial charge in [-0.05, 0) is 85.9 Å². The molecule has 34 heavy (non-hydrogen) atoms. The van der Waals surface area contributed by atoms with Gasteiger partial charge in [0, 0.05) is 11.1 Å². The van der Waals surface area contributed by atoms with E-state index in [1.165, 1.54) is 17.0 Å². The Labute approximate surface area is 204 Å². The zero-order chi connectivity index (χ0) is 26.6. The van der Waals surface area contributed by atoms with Gasteiger partial charge in [0.2, 0.25) is 11.8 Å². The third kappa shape index (κ3) is 8.88. The van der Waals surface area contributed by atoms with Gasteiger partial charge in [0.15, 0.2) is 0 Å². The van der Waals surface area contributed by atoms with Crippen LogP contribution in [-0.2, 0) is 14.3 Å². The second kappa shape index (κ2) is 10.7. The first kappa shape index (κ1) is 29.3. The number of alkyl carbamates (subject to hydrolysis) is 1. The van der Waals surface area contributed by atoms with E-state index in [9.17, 15) is 19.5 Å². The molecule has 0 aliphatic heterocycles. The fourth-order valence-corrected chi connectivity index (χ4v) is 3.46. The van der Waals surface area contributed by atoms with Gasteiger partial charge < -0.3 is 25.4 Å². The molecule has 8 heteroatoms. The second-order valence-electron chi connectivity index (χ2n) is 12.0. The van der Waals surface area contributed by atoms with Gasteiger partial charge in [0.05, 0.1) is 0 Å². The van der Waals surface area contributed by atoms with Crippen LogP contribution < -0.4 is 10.6 Å². The number of hydrogen-bond acceptors (Lipinski definition) is 5. The van der Waals surface area contributed by atoms with Crippen LogP contribution in [0.4, 0.5) is 4.79 Å². The van der Waals surface area contributed by atoms with Gasteiger partial charge in [-0.1, -0.05) is 26.0 Å². The van der Waals surface area contributed by atoms with E-state index in [1.807, 2.05) is 55.4 Å². The minimum absolute atomic E-state index is 0.0546. The number of nitrogens with zero attached hydrogens (tertiary/aromatic N) is 1. The molecule has 0 aliphatic rings. The summed E-state index contributed by atoms with van der Waals surface area (Å²) in [5.74, 6) is -0.980. The SMILES string of the molecule is CC(C)C(NC(=O)OC(C)(C)C)C(=O)N(C(C(=O)NC(C)(C)C)c1ccc(O)cc1)C(C)(C)C. The number of phenolic OH excluding ortho intramolecular Hbond substituents is 1. The van der Waals surface area contributed by atoms with E-state index in [2.05, 4.69) is 10.6 Å². The smallest absolute Gasteiger partial charge is 0.408 e. The first-order chi connectivity index (χ1) is 15.2. The summed E-state index contributed by atoms with van der Waals surface area (Å²) in [5, 5.41) is 15.5. The molecule has 8 nitrogen and oxygen atoms in total. The molecule has 3 N–H and O–H groups in total. The number of aromatic hydroxyl groups is 1. The first-order valence-electron chi connectivity index (χ1n) is 11.7. The summed E-state index contributed by atoms with van der Waals surface area (Å²) in [5.41, 5.74) is -1.50. The van der Waals surface area contributed by atoms with Crippen LogP contribution in [0.2, 0.25) is 0 Å². The Bertz CT molecular complexity index is 858. The van der Waals surface area contributed by atoms with E-state index >= 15 is 0 Å². The fourth-order valence-electron chi connectivity index (χ4n) is 3.46. The second-order valence-corrected chi connectivity index (χ2v) is 12.0. The maximum atomic E-state index is 14.0. The number of phenols is 1. The highest BCUT2D eigenvalue weighted by molar-refractivity contribution is 5.93. The highest BCUT2D eigenvalue weighted by Crippen LogP contribution is 2.32. The molecule has 1 aromatic rings. The lowest BCUT2D eigenvalue weighted by molar-refractivity contribution is -0.149. The number of carbonyl (C=O) groups excluding carboxylic acids is 3. The molecule has 0 bridgehead atoms. The Hall–Kier alpha value is -2.77. The molecule has 3 amide bonds. The van der Waals surface area contributed by atoms with E-state index in [0.29, 0.717) is 5.56 Å². The van der Waals surface area contributed by atoms with Crippen molar-refractivity contribution in [3.63, 3.8) is 0 Å². The van der Waals surface area contributed by atoms with E-state index in [1.54, 1.807) is 32.9 Å². The number of carbonyl (C=O) groups is 3. The van der Waals surface area contributed by atoms with Crippen molar-refractivity contribution in [3.05, 3.63) is 29.8 Å². The van der Waals surface area contributed by atoms with Crippen LogP contribution in [-0.4, -0.2) is 50.6 Å². The van der Waals surface area contributed by atoms with Crippen LogP contribution in [0.3, 0.4) is 0 Å². The van der Waals surface area contributed by atoms with Crippen LogP contribution in [0.5, 0.6) is 5.75 Å². The fraction of sp³-hybridized carbons (Fsp3) is 0.654. The zero-order valence-corrected chi connectivity index (χ0v) is 22.6. The van der Waals surface area contributed by atoms with Crippen molar-refractivity contribution in [2.45, 2.75) is 105 Å². The van der Waals surface area contributed by atoms with Gasteiger partial charge in [-0.25, -0.2) is 4.79 Å². The van der Waals surface area contributed by atoms with Crippen LogP contribution in [0, 0.1) is 5.92 Å². The Morgan fingerprint density at radius 3 is 1.79 bits per heavy atom. The summed E-state index contributed by atoms with van der Waals surface area (Å²) in [4.78, 5) is 41.6. The van der Waals surface area contributed by atoms with Gasteiger partial charge >= 0.3 is 6.09 Å². The monoisotopic (exact) mass is 477 g/mol. The third-order valence-electron chi connectivity index (χ3n) is 4.78. The quantitative estimate of drug-likeness (QED) is 0.558. The Morgan fingerprint density at radius 1 is 0.912 bits per heavy atom. The number of hydrogen-bond donors (Lipinski definition) is 3. The van der Waals surface area contributed by atoms with Crippen molar-refractivity contribution in [2.24, 2.45) is 5.92 Å². The topological polar surface area (TPSA) is 108 Å². The van der Waals surface area contributed by atoms with Crippen LogP contribution >= 0.6 is 0 Å². The molecule has 0 aromatic heterocycles. The van der Waals surface area contributed by atoms with Gasteiger partial charge in [-0.15, -0.1) is 0 Å². The molecule has 1 rings (SSSR count). The molecular formula is C26H43N3O5. The minimum Gasteiger partial charge on any atom is -0.508 e. The van der Waals surface area contributed by atoms with Crippen molar-refractivity contribution in [1.29, 1.82) is 0 Å². The van der Waals surface area contributed by atoms with Crippen molar-refractivity contribution in [3.8, 4) is 5.75 Å². The average Bonchev–Trinajstić information content (AvgIpc) is 2.60. The Morgan fingerprint density at radius 2 is 1.41 bits per heavy atom. The lowest BCUT2D eigenvalue weighted by atomic mass is 9.92. The third-order valence-corrected chi connectivity index (χ3v) is 4.78. The van der Waals surface area contributed by atoms with E-state index in [4.69, 9.17) is 4.74 Å². The number of rotatable bonds is 6. The molecule has 192 valence electrons. The van der Waals surface area contributed by atoms with Crippen molar-refractivity contribution >= 4 is 17.9 Å². The maximum Gasteiger partial charge on any atom is 0.408 e. The van der Waals surface area contributed by atoms with Crippen molar-refractivity contribution in [2.75, 3.05) is 0 Å². The van der Waals surface area contributed by atoms with Crippen LogP contribution in [0.25, 0.3) is 0 Å². The minimum atomic E-state index is -0.992. The van der Waals surface area contributed by atoms with Crippen LogP contribution in [0.1, 0.15) is 87.8 Å². The molecule has 0 saturated carbocycles. The summed E-state index contributed by atoms with van der Waals surface area (Å²) in [7, 11) is 0. The van der Waals surface area contributed by atoms with E-state index < -0.39 is 40.8 Å². The standard InChI is InChI=1S/C26H43N3O5/c1-16(2)19(27-23(33)34-26(9,10)11)22(32)29(25(6,7)8)20(21(31)28-24(3,4)5)17-12-14-18(30)15-13-17/h12-16,19-20,30H,1-11H3,(H,27,33)(H,28,31). The number of nitrogens with one attached hydrogen (secondary N) is 2. The summed E-state index contributed by atoms with van der Waals surface area (Å²) >= 11 is 0. The summed E-state index contributed by atoms with van der Waals surface area (Å²) < 4.78 is 5.38. The number of benzene rings is 1. The van der Waals surface area contributed by atoms with E-state index in [-0.39, 0.29) is 17.6 Å². The maximum absolute atomic E-state index is 14.0. The molecule has 0 fully saturated rings. The first-order valence-corrected chi connectivity index (χ1v) is 11.7. The Balaban J connectivity index is 3.56. The lowest BCUT2D eigenvalue weighted by Crippen LogP contribution is -2.60. The molecule has 0 radical (unpaired) electrons. The molecule has 0 aliphatic carbocycles.